The number of nitro groups is 1. The molecule has 2 aromatic rings. The lowest BCUT2D eigenvalue weighted by Crippen LogP contribution is -1.86. The van der Waals surface area contributed by atoms with Gasteiger partial charge in [0.15, 0.2) is 0 Å². The van der Waals surface area contributed by atoms with Crippen LogP contribution >= 0.6 is 23.4 Å². The van der Waals surface area contributed by atoms with Crippen LogP contribution in [0.4, 0.5) is 5.69 Å². The summed E-state index contributed by atoms with van der Waals surface area (Å²) in [5, 5.41) is 20.3. The number of aromatic hydroxyl groups is 1. The second kappa shape index (κ2) is 5.29. The third kappa shape index (κ3) is 2.94. The molecular weight excluding hydrogens is 274 g/mol. The third-order valence-corrected chi connectivity index (χ3v) is 3.52. The van der Waals surface area contributed by atoms with Crippen molar-refractivity contribution in [2.24, 2.45) is 0 Å². The summed E-state index contributed by atoms with van der Waals surface area (Å²) in [6, 6.07) is 11.1. The summed E-state index contributed by atoms with van der Waals surface area (Å²) in [4.78, 5) is 11.7. The fourth-order valence-corrected chi connectivity index (χ4v) is 2.30. The Morgan fingerprint density at radius 1 is 1.11 bits per heavy atom. The van der Waals surface area contributed by atoms with Gasteiger partial charge in [-0.1, -0.05) is 23.4 Å². The highest BCUT2D eigenvalue weighted by atomic mass is 35.5. The van der Waals surface area contributed by atoms with E-state index >= 15 is 0 Å². The van der Waals surface area contributed by atoms with E-state index < -0.39 is 4.92 Å². The molecule has 0 aliphatic rings. The molecule has 2 aromatic carbocycles. The van der Waals surface area contributed by atoms with Gasteiger partial charge in [-0.2, -0.15) is 0 Å². The minimum Gasteiger partial charge on any atom is -0.506 e. The van der Waals surface area contributed by atoms with Crippen molar-refractivity contribution < 1.29 is 10.0 Å². The van der Waals surface area contributed by atoms with Gasteiger partial charge in [-0.25, -0.2) is 0 Å². The van der Waals surface area contributed by atoms with Crippen molar-refractivity contribution >= 4 is 29.1 Å². The zero-order valence-corrected chi connectivity index (χ0v) is 10.6. The molecular formula is C12H8ClNO3S. The van der Waals surface area contributed by atoms with Gasteiger partial charge in [-0.15, -0.1) is 0 Å². The van der Waals surface area contributed by atoms with E-state index in [1.54, 1.807) is 30.3 Å². The van der Waals surface area contributed by atoms with Gasteiger partial charge < -0.3 is 5.11 Å². The minimum atomic E-state index is -0.442. The third-order valence-electron chi connectivity index (χ3n) is 2.20. The van der Waals surface area contributed by atoms with Gasteiger partial charge in [-0.05, 0) is 30.3 Å². The van der Waals surface area contributed by atoms with Gasteiger partial charge in [0.2, 0.25) is 0 Å². The van der Waals surface area contributed by atoms with Crippen molar-refractivity contribution in [1.29, 1.82) is 0 Å². The zero-order chi connectivity index (χ0) is 13.1. The highest BCUT2D eigenvalue weighted by Gasteiger charge is 2.06. The molecule has 0 aliphatic heterocycles. The van der Waals surface area contributed by atoms with E-state index in [0.717, 1.165) is 9.79 Å². The van der Waals surface area contributed by atoms with Crippen LogP contribution in [-0.4, -0.2) is 10.0 Å². The lowest BCUT2D eigenvalue weighted by molar-refractivity contribution is -0.384. The topological polar surface area (TPSA) is 63.4 Å². The average molecular weight is 282 g/mol. The first-order valence-corrected chi connectivity index (χ1v) is 6.16. The summed E-state index contributed by atoms with van der Waals surface area (Å²) < 4.78 is 0. The van der Waals surface area contributed by atoms with Gasteiger partial charge in [0.1, 0.15) is 5.75 Å². The molecule has 0 saturated carbocycles. The van der Waals surface area contributed by atoms with Crippen LogP contribution in [0.1, 0.15) is 0 Å². The van der Waals surface area contributed by atoms with E-state index in [2.05, 4.69) is 0 Å². The van der Waals surface area contributed by atoms with Crippen molar-refractivity contribution in [3.8, 4) is 5.75 Å². The number of benzene rings is 2. The van der Waals surface area contributed by atoms with Gasteiger partial charge in [0.25, 0.3) is 5.69 Å². The van der Waals surface area contributed by atoms with Crippen molar-refractivity contribution in [2.45, 2.75) is 9.79 Å². The lowest BCUT2D eigenvalue weighted by Gasteiger charge is -2.03. The molecule has 0 unspecified atom stereocenters. The summed E-state index contributed by atoms with van der Waals surface area (Å²) in [5.74, 6) is 0.0172. The predicted octanol–water partition coefficient (Wildman–Crippen LogP) is 4.11. The molecule has 0 amide bonds. The maximum Gasteiger partial charge on any atom is 0.269 e. The molecule has 18 heavy (non-hydrogen) atoms. The van der Waals surface area contributed by atoms with E-state index in [1.165, 1.54) is 23.9 Å². The number of hydrogen-bond acceptors (Lipinski definition) is 4. The average Bonchev–Trinajstić information content (AvgIpc) is 2.34. The maximum atomic E-state index is 10.5. The molecule has 0 saturated heterocycles. The predicted molar refractivity (Wildman–Crippen MR) is 70.3 cm³/mol. The van der Waals surface area contributed by atoms with Crippen LogP contribution in [-0.2, 0) is 0 Å². The maximum absolute atomic E-state index is 10.5. The molecule has 4 nitrogen and oxygen atoms in total. The van der Waals surface area contributed by atoms with Crippen LogP contribution in [0.5, 0.6) is 5.75 Å². The van der Waals surface area contributed by atoms with Crippen LogP contribution in [0.15, 0.2) is 52.3 Å². The zero-order valence-electron chi connectivity index (χ0n) is 9.04. The molecule has 2 rings (SSSR count). The first kappa shape index (κ1) is 12.7. The molecule has 0 atom stereocenters. The molecule has 0 aliphatic carbocycles. The van der Waals surface area contributed by atoms with Crippen molar-refractivity contribution in [3.05, 3.63) is 57.6 Å². The van der Waals surface area contributed by atoms with Crippen molar-refractivity contribution in [2.75, 3.05) is 0 Å². The van der Waals surface area contributed by atoms with Gasteiger partial charge in [0, 0.05) is 21.9 Å². The molecule has 0 aromatic heterocycles. The highest BCUT2D eigenvalue weighted by molar-refractivity contribution is 7.99. The Bertz CT molecular complexity index is 586. The summed E-state index contributed by atoms with van der Waals surface area (Å²) in [7, 11) is 0. The fourth-order valence-electron chi connectivity index (χ4n) is 1.33. The Hall–Kier alpha value is -1.72. The van der Waals surface area contributed by atoms with Crippen LogP contribution in [0, 0.1) is 10.1 Å². The van der Waals surface area contributed by atoms with Crippen molar-refractivity contribution in [1.82, 2.24) is 0 Å². The Kier molecular flexibility index (Phi) is 3.74. The number of phenolic OH excluding ortho intramolecular Hbond substituents is 1. The van der Waals surface area contributed by atoms with Crippen molar-refractivity contribution in [3.63, 3.8) is 0 Å². The van der Waals surface area contributed by atoms with Crippen LogP contribution in [0.25, 0.3) is 0 Å². The monoisotopic (exact) mass is 281 g/mol. The fraction of sp³-hybridized carbons (Fsp3) is 0. The summed E-state index contributed by atoms with van der Waals surface area (Å²) in [6.45, 7) is 0. The number of rotatable bonds is 3. The summed E-state index contributed by atoms with van der Waals surface area (Å²) in [6.07, 6.45) is 0. The Morgan fingerprint density at radius 3 is 2.28 bits per heavy atom. The van der Waals surface area contributed by atoms with Crippen LogP contribution < -0.4 is 0 Å². The molecule has 0 fully saturated rings. The number of phenols is 1. The lowest BCUT2D eigenvalue weighted by atomic mass is 10.3. The molecule has 1 N–H and O–H groups in total. The van der Waals surface area contributed by atoms with Crippen LogP contribution in [0.2, 0.25) is 5.02 Å². The number of nitro benzene ring substituents is 1. The normalized spacial score (nSPS) is 10.3. The molecule has 6 heteroatoms. The highest BCUT2D eigenvalue weighted by Crippen LogP contribution is 2.33. The quantitative estimate of drug-likeness (QED) is 0.679. The van der Waals surface area contributed by atoms with E-state index in [4.69, 9.17) is 11.6 Å². The van der Waals surface area contributed by atoms with E-state index in [1.807, 2.05) is 0 Å². The molecule has 0 bridgehead atoms. The largest absolute Gasteiger partial charge is 0.506 e. The Balaban J connectivity index is 2.18. The molecule has 0 radical (unpaired) electrons. The number of hydrogen-bond donors (Lipinski definition) is 1. The second-order valence-corrected chi connectivity index (χ2v) is 5.02. The van der Waals surface area contributed by atoms with E-state index in [-0.39, 0.29) is 11.4 Å². The summed E-state index contributed by atoms with van der Waals surface area (Å²) >= 11 is 7.09. The second-order valence-electron chi connectivity index (χ2n) is 3.47. The number of non-ortho nitro benzene ring substituents is 1. The SMILES string of the molecule is O=[N+]([O-])c1ccc(Sc2ccc(Cl)c(O)c2)cc1. The van der Waals surface area contributed by atoms with E-state index in [9.17, 15) is 15.2 Å². The van der Waals surface area contributed by atoms with Gasteiger partial charge >= 0.3 is 0 Å². The first-order chi connectivity index (χ1) is 8.56. The molecule has 92 valence electrons. The first-order valence-electron chi connectivity index (χ1n) is 4.97. The molecule has 0 spiro atoms. The summed E-state index contributed by atoms with van der Waals surface area (Å²) in [5.41, 5.74) is 0.0540. The van der Waals surface area contributed by atoms with E-state index in [0.29, 0.717) is 5.02 Å². The Morgan fingerprint density at radius 2 is 1.72 bits per heavy atom. The smallest absolute Gasteiger partial charge is 0.269 e. The Labute approximate surface area is 112 Å². The van der Waals surface area contributed by atoms with Crippen LogP contribution in [0.3, 0.4) is 0 Å². The number of halogens is 1. The minimum absolute atomic E-state index is 0.0172. The van der Waals surface area contributed by atoms with Gasteiger partial charge in [0.05, 0.1) is 9.95 Å². The molecule has 0 heterocycles. The standard InChI is InChI=1S/C12H8ClNO3S/c13-11-6-5-10(7-12(11)15)18-9-3-1-8(2-4-9)14(16)17/h1-7,15H. The van der Waals surface area contributed by atoms with Gasteiger partial charge in [-0.3, -0.25) is 10.1 Å². The number of nitrogens with zero attached hydrogens (tertiary/aromatic N) is 1.